The summed E-state index contributed by atoms with van der Waals surface area (Å²) in [6.07, 6.45) is 3.17. The average molecular weight is 707 g/mol. The largest absolute Gasteiger partial charge is 0.353 e. The molecule has 4 aliphatic rings. The predicted octanol–water partition coefficient (Wildman–Crippen LogP) is 2.88. The van der Waals surface area contributed by atoms with E-state index in [-0.39, 0.29) is 23.8 Å². The number of carbonyl (C=O) groups excluding carboxylic acids is 7. The Balaban J connectivity index is 1.32. The molecule has 13 heteroatoms. The van der Waals surface area contributed by atoms with Gasteiger partial charge in [-0.3, -0.25) is 33.7 Å². The number of carbonyl (C=O) groups is 7. The van der Waals surface area contributed by atoms with Gasteiger partial charge in [-0.1, -0.05) is 80.4 Å². The highest BCUT2D eigenvalue weighted by Crippen LogP contribution is 2.65. The SMILES string of the molecule is CNC(=O)C(=O)C(CCC1CC1)NC(=O)[C@@H]1[C@@H]2[C@H](CN1C(=O)[C@@H](NC(=O)N[C@H](CN1C(=O)c3ccccc3C1=O)C(C)(C)C)C(C)(C)C)C2(C)C. The molecule has 2 aliphatic carbocycles. The molecule has 0 bridgehead atoms. The maximum Gasteiger partial charge on any atom is 0.315 e. The minimum absolute atomic E-state index is 0.0520. The number of Topliss-reactive ketones (excluding diaryl/α,β-unsaturated/α-hetero) is 1. The molecule has 0 radical (unpaired) electrons. The van der Waals surface area contributed by atoms with Gasteiger partial charge in [-0.05, 0) is 59.0 Å². The first-order valence-electron chi connectivity index (χ1n) is 18.1. The number of urea groups is 1. The van der Waals surface area contributed by atoms with Crippen LogP contribution in [0.15, 0.2) is 24.3 Å². The van der Waals surface area contributed by atoms with Gasteiger partial charge in [-0.2, -0.15) is 0 Å². The van der Waals surface area contributed by atoms with E-state index in [1.807, 2.05) is 41.5 Å². The smallest absolute Gasteiger partial charge is 0.315 e. The Hall–Kier alpha value is -4.29. The topological polar surface area (TPSA) is 174 Å². The molecule has 1 saturated heterocycles. The molecular weight excluding hydrogens is 652 g/mol. The Labute approximate surface area is 300 Å². The summed E-state index contributed by atoms with van der Waals surface area (Å²) in [7, 11) is 1.37. The lowest BCUT2D eigenvalue weighted by atomic mass is 9.85. The Kier molecular flexibility index (Phi) is 10.2. The first-order chi connectivity index (χ1) is 23.7. The maximum absolute atomic E-state index is 14.5. The van der Waals surface area contributed by atoms with E-state index < -0.39 is 76.3 Å². The summed E-state index contributed by atoms with van der Waals surface area (Å²) in [5.74, 6) is -2.88. The predicted molar refractivity (Wildman–Crippen MR) is 189 cm³/mol. The lowest BCUT2D eigenvalue weighted by molar-refractivity contribution is -0.145. The van der Waals surface area contributed by atoms with Crippen molar-refractivity contribution in [3.63, 3.8) is 0 Å². The number of rotatable bonds is 12. The highest BCUT2D eigenvalue weighted by atomic mass is 16.2. The van der Waals surface area contributed by atoms with Crippen LogP contribution in [0.25, 0.3) is 0 Å². The van der Waals surface area contributed by atoms with E-state index in [0.717, 1.165) is 17.7 Å². The van der Waals surface area contributed by atoms with Crippen LogP contribution < -0.4 is 21.3 Å². The normalized spacial score (nSPS) is 23.8. The van der Waals surface area contributed by atoms with Crippen LogP contribution in [0.5, 0.6) is 0 Å². The van der Waals surface area contributed by atoms with Crippen LogP contribution in [0, 0.1) is 34.0 Å². The Morgan fingerprint density at radius 2 is 1.47 bits per heavy atom. The van der Waals surface area contributed by atoms with Crippen LogP contribution in [0.3, 0.4) is 0 Å². The number of nitrogens with zero attached hydrogens (tertiary/aromatic N) is 2. The third-order valence-electron chi connectivity index (χ3n) is 11.4. The molecule has 278 valence electrons. The molecule has 1 aromatic carbocycles. The maximum atomic E-state index is 14.5. The van der Waals surface area contributed by atoms with Crippen molar-refractivity contribution < 1.29 is 33.6 Å². The van der Waals surface area contributed by atoms with E-state index in [4.69, 9.17) is 0 Å². The zero-order valence-electron chi connectivity index (χ0n) is 31.3. The number of piperidine rings is 1. The number of ketones is 1. The molecule has 4 N–H and O–H groups in total. The molecule has 3 fully saturated rings. The van der Waals surface area contributed by atoms with E-state index in [9.17, 15) is 33.6 Å². The second-order valence-electron chi connectivity index (χ2n) is 17.5. The summed E-state index contributed by atoms with van der Waals surface area (Å²) >= 11 is 0. The van der Waals surface area contributed by atoms with Gasteiger partial charge in [-0.25, -0.2) is 4.79 Å². The van der Waals surface area contributed by atoms with Crippen molar-refractivity contribution in [2.75, 3.05) is 20.1 Å². The summed E-state index contributed by atoms with van der Waals surface area (Å²) < 4.78 is 0. The molecule has 2 aliphatic heterocycles. The third-order valence-corrected chi connectivity index (χ3v) is 11.4. The van der Waals surface area contributed by atoms with Gasteiger partial charge < -0.3 is 26.2 Å². The van der Waals surface area contributed by atoms with E-state index in [0.29, 0.717) is 36.4 Å². The lowest BCUT2D eigenvalue weighted by Crippen LogP contribution is -2.62. The van der Waals surface area contributed by atoms with Gasteiger partial charge in [0, 0.05) is 13.6 Å². The summed E-state index contributed by atoms with van der Waals surface area (Å²) in [5, 5.41) is 11.0. The molecule has 2 heterocycles. The van der Waals surface area contributed by atoms with Crippen LogP contribution in [0.4, 0.5) is 4.79 Å². The fourth-order valence-electron chi connectivity index (χ4n) is 7.70. The number of hydrogen-bond donors (Lipinski definition) is 4. The number of fused-ring (bicyclic) bond motifs is 2. The molecule has 0 spiro atoms. The van der Waals surface area contributed by atoms with Gasteiger partial charge in [0.05, 0.1) is 29.8 Å². The molecule has 7 amide bonds. The van der Waals surface area contributed by atoms with Crippen LogP contribution in [0.2, 0.25) is 0 Å². The van der Waals surface area contributed by atoms with Crippen LogP contribution in [-0.4, -0.2) is 95.5 Å². The molecule has 0 aromatic heterocycles. The van der Waals surface area contributed by atoms with Gasteiger partial charge in [0.25, 0.3) is 17.7 Å². The average Bonchev–Trinajstić information content (AvgIpc) is 3.89. The van der Waals surface area contributed by atoms with Crippen molar-refractivity contribution >= 4 is 41.4 Å². The second-order valence-corrected chi connectivity index (χ2v) is 17.5. The number of likely N-dealkylation sites (N-methyl/N-ethyl adjacent to an activating group) is 1. The standard InChI is InChI=1S/C38H54N6O7/c1-36(2,3)25(19-44-32(48)21-12-10-11-13-22(21)33(44)49)41-35(51)42-29(37(4,5)6)34(50)43-18-23-26(38(23,7)8)27(43)30(46)40-24(17-16-20-14-15-20)28(45)31(47)39-9/h10-13,20,23-27,29H,14-19H2,1-9H3,(H,39,47)(H,40,46)(H2,41,42,51)/t23-,24?,25+,26-,27-,29+/m0/s1. The number of hydrogen-bond acceptors (Lipinski definition) is 7. The Morgan fingerprint density at radius 1 is 0.882 bits per heavy atom. The molecule has 2 saturated carbocycles. The monoisotopic (exact) mass is 706 g/mol. The van der Waals surface area contributed by atoms with E-state index in [2.05, 4.69) is 35.1 Å². The first-order valence-corrected chi connectivity index (χ1v) is 18.1. The molecule has 6 atom stereocenters. The van der Waals surface area contributed by atoms with E-state index >= 15 is 0 Å². The van der Waals surface area contributed by atoms with Gasteiger partial charge in [0.15, 0.2) is 0 Å². The van der Waals surface area contributed by atoms with Crippen molar-refractivity contribution in [2.45, 2.75) is 105 Å². The van der Waals surface area contributed by atoms with E-state index in [1.54, 1.807) is 24.3 Å². The zero-order chi connectivity index (χ0) is 37.8. The number of likely N-dealkylation sites (tertiary alicyclic amines) is 1. The third kappa shape index (κ3) is 7.67. The highest BCUT2D eigenvalue weighted by Gasteiger charge is 2.70. The summed E-state index contributed by atoms with van der Waals surface area (Å²) in [6, 6.07) is 2.34. The number of amides is 7. The summed E-state index contributed by atoms with van der Waals surface area (Å²) in [6.45, 7) is 15.5. The molecule has 1 aromatic rings. The second kappa shape index (κ2) is 13.7. The number of imide groups is 1. The first kappa shape index (κ1) is 38.0. The summed E-state index contributed by atoms with van der Waals surface area (Å²) in [5.41, 5.74) is -0.939. The van der Waals surface area contributed by atoms with Gasteiger partial charge in [0.2, 0.25) is 17.6 Å². The number of benzene rings is 1. The van der Waals surface area contributed by atoms with Crippen molar-refractivity contribution in [3.05, 3.63) is 35.4 Å². The minimum Gasteiger partial charge on any atom is -0.353 e. The fraction of sp³-hybridized carbons (Fsp3) is 0.658. The van der Waals surface area contributed by atoms with Crippen LogP contribution in [-0.2, 0) is 19.2 Å². The molecular formula is C38H54N6O7. The van der Waals surface area contributed by atoms with Crippen LogP contribution in [0.1, 0.15) is 102 Å². The lowest BCUT2D eigenvalue weighted by Gasteiger charge is -2.39. The molecule has 51 heavy (non-hydrogen) atoms. The molecule has 1 unspecified atom stereocenters. The van der Waals surface area contributed by atoms with Gasteiger partial charge in [0.1, 0.15) is 12.1 Å². The Morgan fingerprint density at radius 3 is 1.98 bits per heavy atom. The zero-order valence-corrected chi connectivity index (χ0v) is 31.3. The van der Waals surface area contributed by atoms with Gasteiger partial charge >= 0.3 is 6.03 Å². The fourth-order valence-corrected chi connectivity index (χ4v) is 7.70. The highest BCUT2D eigenvalue weighted by molar-refractivity contribution is 6.38. The quantitative estimate of drug-likeness (QED) is 0.191. The van der Waals surface area contributed by atoms with E-state index in [1.165, 1.54) is 11.9 Å². The molecule has 5 rings (SSSR count). The van der Waals surface area contributed by atoms with Crippen molar-refractivity contribution in [3.8, 4) is 0 Å². The summed E-state index contributed by atoms with van der Waals surface area (Å²) in [4.78, 5) is 96.6. The number of nitrogens with one attached hydrogen (secondary N) is 4. The van der Waals surface area contributed by atoms with Crippen molar-refractivity contribution in [2.24, 2.45) is 34.0 Å². The van der Waals surface area contributed by atoms with Crippen molar-refractivity contribution in [1.82, 2.24) is 31.1 Å². The molecule has 13 nitrogen and oxygen atoms in total. The Bertz CT molecular complexity index is 1590. The van der Waals surface area contributed by atoms with Gasteiger partial charge in [-0.15, -0.1) is 0 Å². The van der Waals surface area contributed by atoms with Crippen molar-refractivity contribution in [1.29, 1.82) is 0 Å². The minimum atomic E-state index is -1.05. The van der Waals surface area contributed by atoms with Crippen LogP contribution >= 0.6 is 0 Å².